The zero-order valence-corrected chi connectivity index (χ0v) is 16.2. The number of hydrogen-bond donors (Lipinski definition) is 2. The van der Waals surface area contributed by atoms with E-state index in [2.05, 4.69) is 20.3 Å². The Labute approximate surface area is 170 Å². The molecule has 0 saturated heterocycles. The molecule has 2 N–H and O–H groups in total. The molecule has 29 heavy (non-hydrogen) atoms. The molecule has 148 valence electrons. The lowest BCUT2D eigenvalue weighted by Crippen LogP contribution is -2.17. The Kier molecular flexibility index (Phi) is 5.94. The van der Waals surface area contributed by atoms with Crippen LogP contribution in [0.5, 0.6) is 0 Å². The SMILES string of the molecule is COC(=O)c1ccc(C(=O)OC)c(NC(=O)c2cc(-c3ccccc3Cl)n[nH]2)c1. The summed E-state index contributed by atoms with van der Waals surface area (Å²) in [4.78, 5) is 36.5. The number of nitrogens with zero attached hydrogens (tertiary/aromatic N) is 1. The van der Waals surface area contributed by atoms with Crippen LogP contribution in [0.1, 0.15) is 31.2 Å². The van der Waals surface area contributed by atoms with Gasteiger partial charge in [0.25, 0.3) is 5.91 Å². The van der Waals surface area contributed by atoms with Crippen LogP contribution in [0.2, 0.25) is 5.02 Å². The first kappa shape index (κ1) is 20.1. The highest BCUT2D eigenvalue weighted by Crippen LogP contribution is 2.27. The van der Waals surface area contributed by atoms with E-state index in [9.17, 15) is 14.4 Å². The first-order chi connectivity index (χ1) is 13.9. The Morgan fingerprint density at radius 2 is 1.72 bits per heavy atom. The molecule has 0 fully saturated rings. The predicted molar refractivity (Wildman–Crippen MR) is 106 cm³/mol. The van der Waals surface area contributed by atoms with Crippen LogP contribution in [0.3, 0.4) is 0 Å². The predicted octanol–water partition coefficient (Wildman–Crippen LogP) is 3.56. The largest absolute Gasteiger partial charge is 0.465 e. The number of H-pyrrole nitrogens is 1. The molecule has 0 aliphatic carbocycles. The summed E-state index contributed by atoms with van der Waals surface area (Å²) in [6.45, 7) is 0. The number of aromatic nitrogens is 2. The van der Waals surface area contributed by atoms with Crippen LogP contribution in [0, 0.1) is 0 Å². The Morgan fingerprint density at radius 3 is 2.41 bits per heavy atom. The minimum atomic E-state index is -0.668. The molecule has 0 radical (unpaired) electrons. The Hall–Kier alpha value is -3.65. The van der Waals surface area contributed by atoms with Crippen molar-refractivity contribution in [2.75, 3.05) is 19.5 Å². The average molecular weight is 414 g/mol. The van der Waals surface area contributed by atoms with E-state index in [0.717, 1.165) is 0 Å². The highest BCUT2D eigenvalue weighted by molar-refractivity contribution is 6.33. The minimum absolute atomic E-state index is 0.0827. The van der Waals surface area contributed by atoms with E-state index >= 15 is 0 Å². The third-order valence-electron chi connectivity index (χ3n) is 4.07. The van der Waals surface area contributed by atoms with Crippen molar-refractivity contribution in [3.8, 4) is 11.3 Å². The van der Waals surface area contributed by atoms with Gasteiger partial charge >= 0.3 is 11.9 Å². The number of methoxy groups -OCH3 is 2. The highest BCUT2D eigenvalue weighted by Gasteiger charge is 2.19. The second-order valence-electron chi connectivity index (χ2n) is 5.84. The fraction of sp³-hybridized carbons (Fsp3) is 0.100. The smallest absolute Gasteiger partial charge is 0.339 e. The second-order valence-corrected chi connectivity index (χ2v) is 6.25. The monoisotopic (exact) mass is 413 g/mol. The summed E-state index contributed by atoms with van der Waals surface area (Å²) in [5, 5.41) is 9.82. The van der Waals surface area contributed by atoms with Crippen molar-refractivity contribution in [2.24, 2.45) is 0 Å². The van der Waals surface area contributed by atoms with Crippen LogP contribution in [0.25, 0.3) is 11.3 Å². The molecule has 8 nitrogen and oxygen atoms in total. The Morgan fingerprint density at radius 1 is 1.00 bits per heavy atom. The first-order valence-corrected chi connectivity index (χ1v) is 8.74. The molecule has 3 rings (SSSR count). The van der Waals surface area contributed by atoms with E-state index in [1.165, 1.54) is 38.5 Å². The molecule has 1 amide bonds. The van der Waals surface area contributed by atoms with E-state index in [-0.39, 0.29) is 22.5 Å². The van der Waals surface area contributed by atoms with Crippen LogP contribution in [0.15, 0.2) is 48.5 Å². The molecular formula is C20H16ClN3O5. The molecule has 0 bridgehead atoms. The molecule has 1 heterocycles. The van der Waals surface area contributed by atoms with Gasteiger partial charge in [0.1, 0.15) is 5.69 Å². The van der Waals surface area contributed by atoms with Crippen LogP contribution in [-0.4, -0.2) is 42.3 Å². The highest BCUT2D eigenvalue weighted by atomic mass is 35.5. The zero-order valence-electron chi connectivity index (χ0n) is 15.5. The summed E-state index contributed by atoms with van der Waals surface area (Å²) in [5.41, 5.74) is 1.62. The van der Waals surface area contributed by atoms with E-state index in [0.29, 0.717) is 16.3 Å². The number of anilines is 1. The summed E-state index contributed by atoms with van der Waals surface area (Å²) in [6.07, 6.45) is 0. The standard InChI is InChI=1S/C20H16ClN3O5/c1-28-19(26)11-7-8-13(20(27)29-2)15(9-11)22-18(25)17-10-16(23-24-17)12-5-3-4-6-14(12)21/h3-10H,1-2H3,(H,22,25)(H,23,24). The van der Waals surface area contributed by atoms with E-state index in [1.54, 1.807) is 24.3 Å². The third kappa shape index (κ3) is 4.27. The van der Waals surface area contributed by atoms with Crippen molar-refractivity contribution >= 4 is 35.1 Å². The normalized spacial score (nSPS) is 10.3. The van der Waals surface area contributed by atoms with Crippen molar-refractivity contribution < 1.29 is 23.9 Å². The van der Waals surface area contributed by atoms with Gasteiger partial charge in [-0.1, -0.05) is 29.8 Å². The summed E-state index contributed by atoms with van der Waals surface area (Å²) in [7, 11) is 2.45. The minimum Gasteiger partial charge on any atom is -0.465 e. The van der Waals surface area contributed by atoms with Gasteiger partial charge in [-0.05, 0) is 30.3 Å². The lowest BCUT2D eigenvalue weighted by Gasteiger charge is -2.10. The molecule has 0 atom stereocenters. The average Bonchev–Trinajstić information content (AvgIpc) is 3.23. The number of esters is 2. The number of aromatic amines is 1. The maximum absolute atomic E-state index is 12.7. The molecule has 2 aromatic carbocycles. The summed E-state index contributed by atoms with van der Waals surface area (Å²) in [5.74, 6) is -1.85. The van der Waals surface area contributed by atoms with Gasteiger partial charge in [-0.25, -0.2) is 9.59 Å². The number of amides is 1. The molecule has 0 unspecified atom stereocenters. The molecule has 0 aliphatic rings. The quantitative estimate of drug-likeness (QED) is 0.619. The number of rotatable bonds is 5. The Bertz CT molecular complexity index is 1090. The maximum atomic E-state index is 12.7. The van der Waals surface area contributed by atoms with Gasteiger partial charge in [0.05, 0.1) is 41.8 Å². The van der Waals surface area contributed by atoms with Crippen molar-refractivity contribution in [1.29, 1.82) is 0 Å². The Balaban J connectivity index is 1.91. The molecule has 0 saturated carbocycles. The molecule has 3 aromatic rings. The van der Waals surface area contributed by atoms with Crippen LogP contribution in [-0.2, 0) is 9.47 Å². The van der Waals surface area contributed by atoms with E-state index < -0.39 is 17.8 Å². The van der Waals surface area contributed by atoms with Gasteiger partial charge in [0, 0.05) is 5.56 Å². The van der Waals surface area contributed by atoms with Gasteiger partial charge in [0.2, 0.25) is 0 Å². The number of benzene rings is 2. The first-order valence-electron chi connectivity index (χ1n) is 8.37. The number of hydrogen-bond acceptors (Lipinski definition) is 6. The van der Waals surface area contributed by atoms with Gasteiger partial charge in [-0.15, -0.1) is 0 Å². The van der Waals surface area contributed by atoms with Crippen LogP contribution < -0.4 is 5.32 Å². The van der Waals surface area contributed by atoms with E-state index in [1.807, 2.05) is 0 Å². The maximum Gasteiger partial charge on any atom is 0.339 e. The second kappa shape index (κ2) is 8.57. The molecule has 0 aliphatic heterocycles. The van der Waals surface area contributed by atoms with E-state index in [4.69, 9.17) is 16.3 Å². The van der Waals surface area contributed by atoms with Crippen molar-refractivity contribution in [3.63, 3.8) is 0 Å². The van der Waals surface area contributed by atoms with Crippen LogP contribution >= 0.6 is 11.6 Å². The zero-order chi connectivity index (χ0) is 21.0. The van der Waals surface area contributed by atoms with Gasteiger partial charge in [-0.2, -0.15) is 5.10 Å². The number of carbonyl (C=O) groups is 3. The fourth-order valence-electron chi connectivity index (χ4n) is 2.62. The summed E-state index contributed by atoms with van der Waals surface area (Å²) < 4.78 is 9.40. The number of nitrogens with one attached hydrogen (secondary N) is 2. The number of halogens is 1. The van der Waals surface area contributed by atoms with Crippen molar-refractivity contribution in [3.05, 3.63) is 70.4 Å². The summed E-state index contributed by atoms with van der Waals surface area (Å²) >= 11 is 6.16. The van der Waals surface area contributed by atoms with Crippen molar-refractivity contribution in [2.45, 2.75) is 0 Å². The van der Waals surface area contributed by atoms with Gasteiger partial charge < -0.3 is 14.8 Å². The van der Waals surface area contributed by atoms with Gasteiger partial charge in [-0.3, -0.25) is 9.89 Å². The van der Waals surface area contributed by atoms with Crippen LogP contribution in [0.4, 0.5) is 5.69 Å². The van der Waals surface area contributed by atoms with Crippen molar-refractivity contribution in [1.82, 2.24) is 10.2 Å². The molecule has 9 heteroatoms. The lowest BCUT2D eigenvalue weighted by atomic mass is 10.1. The topological polar surface area (TPSA) is 110 Å². The number of carbonyl (C=O) groups excluding carboxylic acids is 3. The number of ether oxygens (including phenoxy) is 2. The third-order valence-corrected chi connectivity index (χ3v) is 4.40. The molecular weight excluding hydrogens is 398 g/mol. The molecule has 1 aromatic heterocycles. The van der Waals surface area contributed by atoms with Gasteiger partial charge in [0.15, 0.2) is 0 Å². The molecule has 0 spiro atoms. The lowest BCUT2D eigenvalue weighted by molar-refractivity contribution is 0.0587. The fourth-order valence-corrected chi connectivity index (χ4v) is 2.85. The summed E-state index contributed by atoms with van der Waals surface area (Å²) in [6, 6.07) is 12.7.